The average molecular weight is 504 g/mol. The summed E-state index contributed by atoms with van der Waals surface area (Å²) < 4.78 is 0. The van der Waals surface area contributed by atoms with Crippen molar-refractivity contribution in [1.82, 2.24) is 16.0 Å². The number of hydrogen-bond donors (Lipinski definition) is 8. The molecule has 15 nitrogen and oxygen atoms in total. The predicted molar refractivity (Wildman–Crippen MR) is 118 cm³/mol. The monoisotopic (exact) mass is 503 g/mol. The van der Waals surface area contributed by atoms with Crippen LogP contribution < -0.4 is 27.4 Å². The molecule has 0 aromatic carbocycles. The van der Waals surface area contributed by atoms with Crippen LogP contribution in [-0.2, 0) is 33.6 Å². The number of hydrogen-bond acceptors (Lipinski definition) is 8. The molecule has 0 spiro atoms. The summed E-state index contributed by atoms with van der Waals surface area (Å²) in [4.78, 5) is 82.0. The lowest BCUT2D eigenvalue weighted by molar-refractivity contribution is -0.147. The van der Waals surface area contributed by atoms with E-state index in [1.165, 1.54) is 0 Å². The number of rotatable bonds is 17. The standard InChI is InChI=1S/C20H33N5O10/c1-3-9(2)16(25-17(31)10(21)4-6-13(22)26)19(33)23-11(5-7-14(27)28)18(32)24-12(20(34)35)8-15(29)30/h9-12,16H,3-8,21H2,1-2H3,(H2,22,26)(H,23,33)(H,24,32)(H,25,31)(H,27,28)(H,29,30)(H,34,35). The van der Waals surface area contributed by atoms with Crippen molar-refractivity contribution >= 4 is 41.5 Å². The van der Waals surface area contributed by atoms with E-state index in [1.807, 2.05) is 5.32 Å². The normalized spacial score (nSPS) is 14.9. The Labute approximate surface area is 201 Å². The Bertz CT molecular complexity index is 818. The Kier molecular flexibility index (Phi) is 13.6. The molecule has 0 aromatic heterocycles. The van der Waals surface area contributed by atoms with Crippen LogP contribution in [0.5, 0.6) is 0 Å². The quantitative estimate of drug-likeness (QED) is 0.103. The van der Waals surface area contributed by atoms with E-state index in [1.54, 1.807) is 13.8 Å². The molecule has 0 bridgehead atoms. The minimum absolute atomic E-state index is 0.0696. The highest BCUT2D eigenvalue weighted by molar-refractivity contribution is 5.95. The molecule has 198 valence electrons. The zero-order chi connectivity index (χ0) is 27.3. The van der Waals surface area contributed by atoms with E-state index in [2.05, 4.69) is 10.6 Å². The van der Waals surface area contributed by atoms with Gasteiger partial charge in [-0.2, -0.15) is 0 Å². The molecule has 5 unspecified atom stereocenters. The van der Waals surface area contributed by atoms with Crippen LogP contribution in [0, 0.1) is 5.92 Å². The maximum atomic E-state index is 12.9. The largest absolute Gasteiger partial charge is 0.481 e. The van der Waals surface area contributed by atoms with Crippen molar-refractivity contribution in [2.75, 3.05) is 0 Å². The number of primary amides is 1. The highest BCUT2D eigenvalue weighted by Gasteiger charge is 2.33. The van der Waals surface area contributed by atoms with E-state index < -0.39 is 90.9 Å². The van der Waals surface area contributed by atoms with Gasteiger partial charge in [0.15, 0.2) is 0 Å². The van der Waals surface area contributed by atoms with Gasteiger partial charge >= 0.3 is 17.9 Å². The third-order valence-electron chi connectivity index (χ3n) is 5.10. The molecular formula is C20H33N5O10. The number of carbonyl (C=O) groups excluding carboxylic acids is 4. The fourth-order valence-electron chi connectivity index (χ4n) is 2.84. The maximum absolute atomic E-state index is 12.9. The van der Waals surface area contributed by atoms with E-state index in [0.717, 1.165) is 0 Å². The molecule has 0 rings (SSSR count). The Morgan fingerprint density at radius 3 is 1.80 bits per heavy atom. The van der Waals surface area contributed by atoms with Gasteiger partial charge in [0.2, 0.25) is 23.6 Å². The Balaban J connectivity index is 5.62. The first-order valence-electron chi connectivity index (χ1n) is 10.8. The van der Waals surface area contributed by atoms with Crippen LogP contribution in [0.15, 0.2) is 0 Å². The third-order valence-corrected chi connectivity index (χ3v) is 5.10. The lowest BCUT2D eigenvalue weighted by atomic mass is 9.96. The average Bonchev–Trinajstić information content (AvgIpc) is 2.76. The summed E-state index contributed by atoms with van der Waals surface area (Å²) in [6, 6.07) is -5.72. The fraction of sp³-hybridized carbons (Fsp3) is 0.650. The smallest absolute Gasteiger partial charge is 0.326 e. The van der Waals surface area contributed by atoms with Crippen LogP contribution in [-0.4, -0.2) is 81.0 Å². The van der Waals surface area contributed by atoms with Gasteiger partial charge in [0, 0.05) is 12.8 Å². The molecule has 0 aromatic rings. The van der Waals surface area contributed by atoms with Crippen molar-refractivity contribution in [1.29, 1.82) is 0 Å². The molecule has 10 N–H and O–H groups in total. The lowest BCUT2D eigenvalue weighted by Gasteiger charge is -2.27. The van der Waals surface area contributed by atoms with Gasteiger partial charge in [-0.05, 0) is 18.8 Å². The molecule has 0 aliphatic heterocycles. The Morgan fingerprint density at radius 1 is 0.771 bits per heavy atom. The molecule has 4 amide bonds. The number of amides is 4. The molecule has 0 aliphatic carbocycles. The Hall–Kier alpha value is -3.75. The van der Waals surface area contributed by atoms with E-state index >= 15 is 0 Å². The van der Waals surface area contributed by atoms with Crippen LogP contribution in [0.4, 0.5) is 0 Å². The van der Waals surface area contributed by atoms with Gasteiger partial charge in [0.25, 0.3) is 0 Å². The molecule has 0 saturated heterocycles. The summed E-state index contributed by atoms with van der Waals surface area (Å²) >= 11 is 0. The van der Waals surface area contributed by atoms with Gasteiger partial charge in [-0.1, -0.05) is 20.3 Å². The number of carbonyl (C=O) groups is 7. The van der Waals surface area contributed by atoms with Gasteiger partial charge < -0.3 is 42.7 Å². The molecule has 0 aliphatic rings. The van der Waals surface area contributed by atoms with Crippen LogP contribution in [0.3, 0.4) is 0 Å². The van der Waals surface area contributed by atoms with E-state index in [4.69, 9.17) is 26.8 Å². The molecule has 15 heteroatoms. The van der Waals surface area contributed by atoms with E-state index in [9.17, 15) is 33.6 Å². The van der Waals surface area contributed by atoms with E-state index in [-0.39, 0.29) is 12.8 Å². The lowest BCUT2D eigenvalue weighted by Crippen LogP contribution is -2.58. The van der Waals surface area contributed by atoms with Gasteiger partial charge in [-0.25, -0.2) is 4.79 Å². The first-order chi connectivity index (χ1) is 16.2. The van der Waals surface area contributed by atoms with Crippen molar-refractivity contribution in [3.63, 3.8) is 0 Å². The topological polar surface area (TPSA) is 268 Å². The second-order valence-electron chi connectivity index (χ2n) is 7.97. The highest BCUT2D eigenvalue weighted by Crippen LogP contribution is 2.11. The van der Waals surface area contributed by atoms with Gasteiger partial charge in [0.05, 0.1) is 12.5 Å². The third kappa shape index (κ3) is 12.3. The molecule has 5 atom stereocenters. The minimum atomic E-state index is -1.82. The van der Waals surface area contributed by atoms with Crippen molar-refractivity contribution in [2.45, 2.75) is 76.5 Å². The summed E-state index contributed by atoms with van der Waals surface area (Å²) in [5, 5.41) is 33.6. The number of aliphatic carboxylic acids is 3. The SMILES string of the molecule is CCC(C)C(NC(=O)C(N)CCC(N)=O)C(=O)NC(CCC(=O)O)C(=O)NC(CC(=O)O)C(=O)O. The van der Waals surface area contributed by atoms with Crippen molar-refractivity contribution < 1.29 is 48.9 Å². The number of carboxylic acid groups (broad SMARTS) is 3. The van der Waals surface area contributed by atoms with Gasteiger partial charge in [-0.3, -0.25) is 28.8 Å². The predicted octanol–water partition coefficient (Wildman–Crippen LogP) is -2.50. The van der Waals surface area contributed by atoms with Crippen molar-refractivity contribution in [3.05, 3.63) is 0 Å². The zero-order valence-corrected chi connectivity index (χ0v) is 19.5. The molecule has 0 saturated carbocycles. The summed E-state index contributed by atoms with van der Waals surface area (Å²) in [6.45, 7) is 3.35. The molecular weight excluding hydrogens is 470 g/mol. The first kappa shape index (κ1) is 31.2. The first-order valence-corrected chi connectivity index (χ1v) is 10.8. The number of nitrogens with one attached hydrogen (secondary N) is 3. The minimum Gasteiger partial charge on any atom is -0.481 e. The van der Waals surface area contributed by atoms with Gasteiger partial charge in [0.1, 0.15) is 18.1 Å². The zero-order valence-electron chi connectivity index (χ0n) is 19.5. The maximum Gasteiger partial charge on any atom is 0.326 e. The number of nitrogens with two attached hydrogens (primary N) is 2. The van der Waals surface area contributed by atoms with Crippen LogP contribution in [0.25, 0.3) is 0 Å². The molecule has 0 fully saturated rings. The summed E-state index contributed by atoms with van der Waals surface area (Å²) in [5.41, 5.74) is 10.8. The molecule has 0 radical (unpaired) electrons. The van der Waals surface area contributed by atoms with Crippen LogP contribution >= 0.6 is 0 Å². The molecule has 35 heavy (non-hydrogen) atoms. The van der Waals surface area contributed by atoms with Crippen molar-refractivity contribution in [3.8, 4) is 0 Å². The molecule has 0 heterocycles. The van der Waals surface area contributed by atoms with E-state index in [0.29, 0.717) is 6.42 Å². The Morgan fingerprint density at radius 2 is 1.34 bits per heavy atom. The summed E-state index contributed by atoms with van der Waals surface area (Å²) in [7, 11) is 0. The highest BCUT2D eigenvalue weighted by atomic mass is 16.4. The van der Waals surface area contributed by atoms with Crippen molar-refractivity contribution in [2.24, 2.45) is 17.4 Å². The second kappa shape index (κ2) is 15.2. The van der Waals surface area contributed by atoms with Crippen LogP contribution in [0.1, 0.15) is 52.4 Å². The summed E-state index contributed by atoms with van der Waals surface area (Å²) in [6.07, 6.45) is -1.79. The second-order valence-corrected chi connectivity index (χ2v) is 7.97. The van der Waals surface area contributed by atoms with Crippen LogP contribution in [0.2, 0.25) is 0 Å². The summed E-state index contributed by atoms with van der Waals surface area (Å²) in [5.74, 6) is -8.32. The number of carboxylic acids is 3. The van der Waals surface area contributed by atoms with Gasteiger partial charge in [-0.15, -0.1) is 0 Å². The fourth-order valence-corrected chi connectivity index (χ4v) is 2.84.